The molecule has 2 aromatic rings. The number of nitrogens with two attached hydrogens (primary N) is 1. The molecule has 0 saturated carbocycles. The number of carbonyl (C=O) groups excluding carboxylic acids is 1. The summed E-state index contributed by atoms with van der Waals surface area (Å²) in [6.07, 6.45) is -4.39. The zero-order chi connectivity index (χ0) is 24.1. The molecule has 1 atom stereocenters. The van der Waals surface area contributed by atoms with Crippen LogP contribution in [0.5, 0.6) is 0 Å². The van der Waals surface area contributed by atoms with Crippen LogP contribution >= 0.6 is 23.2 Å². The molecule has 0 saturated heterocycles. The van der Waals surface area contributed by atoms with Crippen LogP contribution in [0.1, 0.15) is 48.9 Å². The van der Waals surface area contributed by atoms with Crippen molar-refractivity contribution in [3.63, 3.8) is 0 Å². The number of carbonyl (C=O) groups is 1. The number of anilines is 1. The lowest BCUT2D eigenvalue weighted by molar-refractivity contribution is -0.142. The maximum atomic E-state index is 14.2. The second-order valence-corrected chi connectivity index (χ2v) is 8.48. The third kappa shape index (κ3) is 3.44. The lowest BCUT2D eigenvalue weighted by Gasteiger charge is -2.41. The number of fused-ring (bicyclic) bond motifs is 1. The summed E-state index contributed by atoms with van der Waals surface area (Å²) in [6, 6.07) is 7.32. The Labute approximate surface area is 193 Å². The monoisotopic (exact) mass is 485 g/mol. The van der Waals surface area contributed by atoms with E-state index in [4.69, 9.17) is 28.9 Å². The molecule has 0 fully saturated rings. The van der Waals surface area contributed by atoms with Gasteiger partial charge in [0.25, 0.3) is 5.91 Å². The second-order valence-electron chi connectivity index (χ2n) is 7.64. The van der Waals surface area contributed by atoms with E-state index >= 15 is 0 Å². The van der Waals surface area contributed by atoms with Crippen molar-refractivity contribution < 1.29 is 23.1 Å². The highest BCUT2D eigenvalue weighted by atomic mass is 35.5. The van der Waals surface area contributed by atoms with Crippen molar-refractivity contribution in [2.75, 3.05) is 11.4 Å². The maximum absolute atomic E-state index is 14.2. The molecule has 5 nitrogen and oxygen atoms in total. The quantitative estimate of drug-likeness (QED) is 0.624. The third-order valence-corrected chi connectivity index (χ3v) is 6.72. The van der Waals surface area contributed by atoms with E-state index in [1.807, 2.05) is 0 Å². The van der Waals surface area contributed by atoms with Crippen LogP contribution in [0, 0.1) is 11.3 Å². The Morgan fingerprint density at radius 1 is 1.19 bits per heavy atom. The van der Waals surface area contributed by atoms with Gasteiger partial charge in [-0.05, 0) is 43.2 Å². The van der Waals surface area contributed by atoms with E-state index in [9.17, 15) is 28.3 Å². The minimum atomic E-state index is -4.98. The standard InChI is InChI=1S/C22H20Cl2F3N3O2/c1-3-20(4-2,11-29)30-17-8-12(10-28)7-15(22(25,26)27)18(17)21(32,19(30)31)14-9-13(23)5-6-16(14)24/h5-9,32H,3-4,11,29H2,1-2H3. The number of halogens is 5. The average Bonchev–Trinajstić information content (AvgIpc) is 2.98. The van der Waals surface area contributed by atoms with Gasteiger partial charge in [0.15, 0.2) is 5.60 Å². The Balaban J connectivity index is 2.54. The number of alkyl halides is 3. The van der Waals surface area contributed by atoms with Gasteiger partial charge in [0.2, 0.25) is 0 Å². The van der Waals surface area contributed by atoms with Gasteiger partial charge < -0.3 is 15.7 Å². The number of rotatable bonds is 5. The fraction of sp³-hybridized carbons (Fsp3) is 0.364. The molecule has 1 unspecified atom stereocenters. The smallest absolute Gasteiger partial charge is 0.372 e. The molecular formula is C22H20Cl2F3N3O2. The molecule has 10 heteroatoms. The van der Waals surface area contributed by atoms with Gasteiger partial charge in [-0.15, -0.1) is 0 Å². The summed E-state index contributed by atoms with van der Waals surface area (Å²) >= 11 is 12.3. The van der Waals surface area contributed by atoms with E-state index < -0.39 is 34.4 Å². The van der Waals surface area contributed by atoms with E-state index in [1.54, 1.807) is 19.9 Å². The van der Waals surface area contributed by atoms with Gasteiger partial charge in [-0.1, -0.05) is 37.0 Å². The highest BCUT2D eigenvalue weighted by Gasteiger charge is 2.60. The first-order chi connectivity index (χ1) is 14.9. The molecule has 3 N–H and O–H groups in total. The molecule has 1 aliphatic heterocycles. The van der Waals surface area contributed by atoms with Gasteiger partial charge in [-0.2, -0.15) is 18.4 Å². The lowest BCUT2D eigenvalue weighted by Crippen LogP contribution is -2.57. The minimum Gasteiger partial charge on any atom is -0.372 e. The molecule has 0 radical (unpaired) electrons. The van der Waals surface area contributed by atoms with Crippen molar-refractivity contribution in [1.29, 1.82) is 5.26 Å². The van der Waals surface area contributed by atoms with E-state index in [0.29, 0.717) is 18.9 Å². The van der Waals surface area contributed by atoms with Crippen LogP contribution in [0.2, 0.25) is 10.0 Å². The predicted octanol–water partition coefficient (Wildman–Crippen LogP) is 4.98. The fourth-order valence-electron chi connectivity index (χ4n) is 4.29. The van der Waals surface area contributed by atoms with Crippen molar-refractivity contribution in [1.82, 2.24) is 0 Å². The molecular weight excluding hydrogens is 466 g/mol. The highest BCUT2D eigenvalue weighted by Crippen LogP contribution is 2.54. The van der Waals surface area contributed by atoms with Gasteiger partial charge in [0, 0.05) is 27.7 Å². The van der Waals surface area contributed by atoms with Crippen LogP contribution in [0.3, 0.4) is 0 Å². The lowest BCUT2D eigenvalue weighted by atomic mass is 9.83. The van der Waals surface area contributed by atoms with Crippen LogP contribution in [0.4, 0.5) is 18.9 Å². The summed E-state index contributed by atoms with van der Waals surface area (Å²) in [5.41, 5.74) is -0.722. The summed E-state index contributed by atoms with van der Waals surface area (Å²) in [5, 5.41) is 21.1. The molecule has 0 bridgehead atoms. The van der Waals surface area contributed by atoms with Gasteiger partial charge in [-0.25, -0.2) is 0 Å². The molecule has 2 aromatic carbocycles. The first kappa shape index (κ1) is 24.3. The van der Waals surface area contributed by atoms with Crippen LogP contribution in [0.25, 0.3) is 0 Å². The number of hydrogen-bond donors (Lipinski definition) is 2. The first-order valence-electron chi connectivity index (χ1n) is 9.79. The zero-order valence-corrected chi connectivity index (χ0v) is 18.7. The Bertz CT molecular complexity index is 1120. The molecule has 170 valence electrons. The number of amides is 1. The number of nitrogens with zero attached hydrogens (tertiary/aromatic N) is 2. The third-order valence-electron chi connectivity index (χ3n) is 6.16. The molecule has 3 rings (SSSR count). The number of benzene rings is 2. The topological polar surface area (TPSA) is 90.3 Å². The first-order valence-corrected chi connectivity index (χ1v) is 10.5. The van der Waals surface area contributed by atoms with Crippen molar-refractivity contribution in [2.45, 2.75) is 44.0 Å². The summed E-state index contributed by atoms with van der Waals surface area (Å²) < 4.78 is 42.5. The Morgan fingerprint density at radius 2 is 1.81 bits per heavy atom. The van der Waals surface area contributed by atoms with E-state index in [0.717, 1.165) is 17.0 Å². The van der Waals surface area contributed by atoms with Crippen LogP contribution in [-0.4, -0.2) is 23.1 Å². The van der Waals surface area contributed by atoms with Gasteiger partial charge in [-0.3, -0.25) is 4.79 Å². The molecule has 1 aliphatic rings. The summed E-state index contributed by atoms with van der Waals surface area (Å²) in [5.74, 6) is -1.04. The summed E-state index contributed by atoms with van der Waals surface area (Å²) in [6.45, 7) is 3.40. The SMILES string of the molecule is CCC(CC)(CN)N1C(=O)C(O)(c2cc(Cl)ccc2Cl)c2c1cc(C#N)cc2C(F)(F)F. The zero-order valence-electron chi connectivity index (χ0n) is 17.2. The number of hydrogen-bond acceptors (Lipinski definition) is 4. The second kappa shape index (κ2) is 8.23. The van der Waals surface area contributed by atoms with Crippen molar-refractivity contribution in [3.8, 4) is 6.07 Å². The van der Waals surface area contributed by atoms with Gasteiger partial charge in [0.05, 0.1) is 28.4 Å². The maximum Gasteiger partial charge on any atom is 0.416 e. The van der Waals surface area contributed by atoms with Crippen molar-refractivity contribution >= 4 is 34.8 Å². The normalized spacial score (nSPS) is 18.6. The van der Waals surface area contributed by atoms with Crippen LogP contribution < -0.4 is 10.6 Å². The van der Waals surface area contributed by atoms with Crippen molar-refractivity contribution in [2.24, 2.45) is 5.73 Å². The summed E-state index contributed by atoms with van der Waals surface area (Å²) in [7, 11) is 0. The van der Waals surface area contributed by atoms with Crippen LogP contribution in [0.15, 0.2) is 30.3 Å². The van der Waals surface area contributed by atoms with E-state index in [-0.39, 0.29) is 33.4 Å². The minimum absolute atomic E-state index is 0.0731. The largest absolute Gasteiger partial charge is 0.416 e. The average molecular weight is 486 g/mol. The van der Waals surface area contributed by atoms with Gasteiger partial charge >= 0.3 is 6.18 Å². The Kier molecular flexibility index (Phi) is 6.26. The van der Waals surface area contributed by atoms with E-state index in [1.165, 1.54) is 12.1 Å². The predicted molar refractivity (Wildman–Crippen MR) is 115 cm³/mol. The molecule has 0 spiro atoms. The number of nitriles is 1. The number of aliphatic hydroxyl groups is 1. The molecule has 32 heavy (non-hydrogen) atoms. The molecule has 1 amide bonds. The van der Waals surface area contributed by atoms with Crippen LogP contribution in [-0.2, 0) is 16.6 Å². The van der Waals surface area contributed by atoms with Crippen molar-refractivity contribution in [3.05, 3.63) is 62.6 Å². The van der Waals surface area contributed by atoms with Gasteiger partial charge in [0.1, 0.15) is 0 Å². The molecule has 0 aromatic heterocycles. The summed E-state index contributed by atoms with van der Waals surface area (Å²) in [4.78, 5) is 14.9. The Hall–Kier alpha value is -2.31. The van der Waals surface area contributed by atoms with E-state index in [2.05, 4.69) is 0 Å². The Morgan fingerprint density at radius 3 is 2.31 bits per heavy atom. The molecule has 1 heterocycles. The molecule has 0 aliphatic carbocycles. The highest BCUT2D eigenvalue weighted by molar-refractivity contribution is 6.34. The fourth-order valence-corrected chi connectivity index (χ4v) is 4.72.